The second-order valence-electron chi connectivity index (χ2n) is 9.35. The van der Waals surface area contributed by atoms with Crippen molar-refractivity contribution in [2.24, 2.45) is 11.8 Å². The summed E-state index contributed by atoms with van der Waals surface area (Å²) >= 11 is 3.79. The van der Waals surface area contributed by atoms with E-state index in [1.54, 1.807) is 14.2 Å². The van der Waals surface area contributed by atoms with Crippen LogP contribution in [0.25, 0.3) is 0 Å². The summed E-state index contributed by atoms with van der Waals surface area (Å²) in [5, 5.41) is 0. The Bertz CT molecular complexity index is 1150. The smallest absolute Gasteiger partial charge is 0.226 e. The molecule has 2 heterocycles. The molecule has 1 saturated heterocycles. The molecule has 3 aromatic rings. The standard InChI is InChI=1S/C30H33NO3S2/c1-4-23-25(30(35-21-11-7-5-8-12-21)36-22-13-9-6-10-14-22)18-26-24-19-28(34-3)27(33-2)17-20(24)15-16-31(26)29(23)32/h5-14,17,19,23,25-26,30H,4,15-16,18H2,1-3H3/t23-,25+,26-/m1/s1. The zero-order valence-electron chi connectivity index (χ0n) is 21.1. The Morgan fingerprint density at radius 2 is 1.50 bits per heavy atom. The van der Waals surface area contributed by atoms with Gasteiger partial charge in [-0.15, -0.1) is 23.5 Å². The lowest BCUT2D eigenvalue weighted by Crippen LogP contribution is -2.51. The number of ether oxygens (including phenoxy) is 2. The molecule has 5 rings (SSSR count). The van der Waals surface area contributed by atoms with Gasteiger partial charge in [-0.2, -0.15) is 0 Å². The number of fused-ring (bicyclic) bond motifs is 3. The Morgan fingerprint density at radius 3 is 2.06 bits per heavy atom. The molecule has 0 spiro atoms. The first kappa shape index (κ1) is 25.1. The number of methoxy groups -OCH3 is 2. The van der Waals surface area contributed by atoms with E-state index >= 15 is 0 Å². The third-order valence-corrected chi connectivity index (χ3v) is 10.2. The second kappa shape index (κ2) is 11.2. The van der Waals surface area contributed by atoms with Crippen molar-refractivity contribution in [1.29, 1.82) is 0 Å². The Labute approximate surface area is 222 Å². The third-order valence-electron chi connectivity index (χ3n) is 7.40. The normalized spacial score (nSPS) is 21.2. The summed E-state index contributed by atoms with van der Waals surface area (Å²) in [7, 11) is 3.35. The average molecular weight is 520 g/mol. The zero-order valence-corrected chi connectivity index (χ0v) is 22.7. The maximum absolute atomic E-state index is 13.9. The van der Waals surface area contributed by atoms with Crippen molar-refractivity contribution in [2.45, 2.75) is 46.6 Å². The molecule has 4 nitrogen and oxygen atoms in total. The number of carbonyl (C=O) groups excluding carboxylic acids is 1. The average Bonchev–Trinajstić information content (AvgIpc) is 2.92. The lowest BCUT2D eigenvalue weighted by molar-refractivity contribution is -0.145. The summed E-state index contributed by atoms with van der Waals surface area (Å²) in [5.74, 6) is 2.03. The van der Waals surface area contributed by atoms with E-state index < -0.39 is 0 Å². The molecule has 188 valence electrons. The fraction of sp³-hybridized carbons (Fsp3) is 0.367. The Hall–Kier alpha value is -2.57. The molecule has 2 aliphatic rings. The van der Waals surface area contributed by atoms with E-state index in [1.807, 2.05) is 23.5 Å². The van der Waals surface area contributed by atoms with Gasteiger partial charge in [-0.25, -0.2) is 0 Å². The molecular formula is C30H33NO3S2. The third kappa shape index (κ3) is 4.98. The van der Waals surface area contributed by atoms with Crippen LogP contribution in [0.1, 0.15) is 36.9 Å². The molecule has 0 saturated carbocycles. The van der Waals surface area contributed by atoms with Gasteiger partial charge in [-0.05, 0) is 72.7 Å². The second-order valence-corrected chi connectivity index (χ2v) is 12.1. The van der Waals surface area contributed by atoms with E-state index in [0.717, 1.165) is 37.3 Å². The highest BCUT2D eigenvalue weighted by Crippen LogP contribution is 2.52. The molecule has 0 unspecified atom stereocenters. The Kier molecular flexibility index (Phi) is 7.82. The van der Waals surface area contributed by atoms with Crippen LogP contribution in [0.2, 0.25) is 0 Å². The molecule has 1 amide bonds. The fourth-order valence-corrected chi connectivity index (χ4v) is 8.58. The topological polar surface area (TPSA) is 38.8 Å². The van der Waals surface area contributed by atoms with Crippen LogP contribution in [0.3, 0.4) is 0 Å². The van der Waals surface area contributed by atoms with Crippen LogP contribution in [-0.4, -0.2) is 36.2 Å². The molecule has 2 aliphatic heterocycles. The number of thioether (sulfide) groups is 2. The molecule has 36 heavy (non-hydrogen) atoms. The number of hydrogen-bond donors (Lipinski definition) is 0. The Morgan fingerprint density at radius 1 is 0.917 bits per heavy atom. The number of piperidine rings is 1. The molecule has 0 aromatic heterocycles. The van der Waals surface area contributed by atoms with Crippen molar-refractivity contribution in [3.05, 3.63) is 83.9 Å². The SMILES string of the molecule is CC[C@H]1C(=O)N2CCc3cc(OC)c(OC)cc3[C@H]2C[C@@H]1C(Sc1ccccc1)Sc1ccccc1. The highest BCUT2D eigenvalue weighted by atomic mass is 32.2. The summed E-state index contributed by atoms with van der Waals surface area (Å²) in [6, 6.07) is 25.4. The summed E-state index contributed by atoms with van der Waals surface area (Å²) in [4.78, 5) is 18.6. The van der Waals surface area contributed by atoms with Crippen LogP contribution in [0.4, 0.5) is 0 Å². The maximum atomic E-state index is 13.9. The highest BCUT2D eigenvalue weighted by molar-refractivity contribution is 8.17. The number of nitrogens with zero attached hydrogens (tertiary/aromatic N) is 1. The molecule has 1 fully saturated rings. The molecule has 3 atom stereocenters. The van der Waals surface area contributed by atoms with Crippen molar-refractivity contribution in [2.75, 3.05) is 20.8 Å². The van der Waals surface area contributed by atoms with Crippen LogP contribution in [-0.2, 0) is 11.2 Å². The summed E-state index contributed by atoms with van der Waals surface area (Å²) < 4.78 is 11.4. The van der Waals surface area contributed by atoms with Crippen LogP contribution in [0.5, 0.6) is 11.5 Å². The quantitative estimate of drug-likeness (QED) is 0.235. The summed E-state index contributed by atoms with van der Waals surface area (Å²) in [6.45, 7) is 2.93. The molecule has 0 aliphatic carbocycles. The van der Waals surface area contributed by atoms with Gasteiger partial charge in [0.1, 0.15) is 0 Å². The van der Waals surface area contributed by atoms with Gasteiger partial charge in [0.15, 0.2) is 11.5 Å². The van der Waals surface area contributed by atoms with E-state index in [2.05, 4.69) is 84.6 Å². The van der Waals surface area contributed by atoms with Crippen molar-refractivity contribution in [3.8, 4) is 11.5 Å². The summed E-state index contributed by atoms with van der Waals surface area (Å²) in [6.07, 6.45) is 2.64. The lowest BCUT2D eigenvalue weighted by atomic mass is 9.76. The molecule has 6 heteroatoms. The first-order valence-electron chi connectivity index (χ1n) is 12.6. The number of carbonyl (C=O) groups is 1. The highest BCUT2D eigenvalue weighted by Gasteiger charge is 2.46. The van der Waals surface area contributed by atoms with Gasteiger partial charge in [0.05, 0.1) is 24.8 Å². The monoisotopic (exact) mass is 519 g/mol. The van der Waals surface area contributed by atoms with Gasteiger partial charge in [0.2, 0.25) is 5.91 Å². The van der Waals surface area contributed by atoms with Crippen molar-refractivity contribution < 1.29 is 14.3 Å². The van der Waals surface area contributed by atoms with Crippen LogP contribution < -0.4 is 9.47 Å². The van der Waals surface area contributed by atoms with E-state index in [0.29, 0.717) is 5.91 Å². The largest absolute Gasteiger partial charge is 0.493 e. The van der Waals surface area contributed by atoms with Crippen LogP contribution >= 0.6 is 23.5 Å². The number of amides is 1. The minimum absolute atomic E-state index is 0.0142. The number of benzene rings is 3. The number of hydrogen-bond acceptors (Lipinski definition) is 5. The predicted molar refractivity (Wildman–Crippen MR) is 148 cm³/mol. The van der Waals surface area contributed by atoms with Crippen molar-refractivity contribution >= 4 is 29.4 Å². The minimum Gasteiger partial charge on any atom is -0.493 e. The zero-order chi connectivity index (χ0) is 25.1. The van der Waals surface area contributed by atoms with Crippen molar-refractivity contribution in [3.63, 3.8) is 0 Å². The van der Waals surface area contributed by atoms with E-state index in [9.17, 15) is 4.79 Å². The van der Waals surface area contributed by atoms with Gasteiger partial charge in [-0.1, -0.05) is 43.3 Å². The van der Waals surface area contributed by atoms with Gasteiger partial charge in [0, 0.05) is 22.3 Å². The first-order valence-corrected chi connectivity index (χ1v) is 14.4. The van der Waals surface area contributed by atoms with Gasteiger partial charge in [-0.3, -0.25) is 4.79 Å². The van der Waals surface area contributed by atoms with Crippen LogP contribution in [0.15, 0.2) is 82.6 Å². The molecule has 0 N–H and O–H groups in total. The van der Waals surface area contributed by atoms with E-state index in [1.165, 1.54) is 20.9 Å². The molecule has 0 radical (unpaired) electrons. The number of rotatable bonds is 8. The van der Waals surface area contributed by atoms with E-state index in [-0.39, 0.29) is 22.5 Å². The van der Waals surface area contributed by atoms with Crippen LogP contribution in [0, 0.1) is 11.8 Å². The molecule has 0 bridgehead atoms. The first-order chi connectivity index (χ1) is 17.6. The van der Waals surface area contributed by atoms with Gasteiger partial charge >= 0.3 is 0 Å². The fourth-order valence-electron chi connectivity index (χ4n) is 5.61. The van der Waals surface area contributed by atoms with E-state index in [4.69, 9.17) is 9.47 Å². The summed E-state index contributed by atoms with van der Waals surface area (Å²) in [5.41, 5.74) is 2.47. The van der Waals surface area contributed by atoms with Crippen molar-refractivity contribution in [1.82, 2.24) is 4.90 Å². The van der Waals surface area contributed by atoms with Gasteiger partial charge < -0.3 is 14.4 Å². The maximum Gasteiger partial charge on any atom is 0.226 e. The Balaban J connectivity index is 1.53. The predicted octanol–water partition coefficient (Wildman–Crippen LogP) is 7.09. The molecular weight excluding hydrogens is 486 g/mol. The van der Waals surface area contributed by atoms with Gasteiger partial charge in [0.25, 0.3) is 0 Å². The lowest BCUT2D eigenvalue weighted by Gasteiger charge is -2.48. The molecule has 3 aromatic carbocycles. The minimum atomic E-state index is 0.0142.